The summed E-state index contributed by atoms with van der Waals surface area (Å²) < 4.78 is 12.9. The summed E-state index contributed by atoms with van der Waals surface area (Å²) in [5, 5.41) is 5.82. The lowest BCUT2D eigenvalue weighted by Crippen LogP contribution is -2.46. The number of hydrogen-bond acceptors (Lipinski definition) is 2. The molecule has 0 aromatic heterocycles. The maximum absolute atomic E-state index is 12.9. The Morgan fingerprint density at radius 2 is 1.67 bits per heavy atom. The number of hydrogen-bond donors (Lipinski definition) is 2. The number of piperidine rings is 1. The van der Waals surface area contributed by atoms with Crippen molar-refractivity contribution >= 4 is 17.6 Å². The van der Waals surface area contributed by atoms with Crippen LogP contribution < -0.4 is 10.6 Å². The van der Waals surface area contributed by atoms with E-state index in [-0.39, 0.29) is 23.7 Å². The number of nitrogens with one attached hydrogen (secondary N) is 2. The molecule has 2 N–H and O–H groups in total. The lowest BCUT2D eigenvalue weighted by Gasteiger charge is -2.31. The van der Waals surface area contributed by atoms with E-state index < -0.39 is 0 Å². The van der Waals surface area contributed by atoms with Crippen LogP contribution in [-0.2, 0) is 11.2 Å². The van der Waals surface area contributed by atoms with Gasteiger partial charge in [0.05, 0.1) is 0 Å². The normalized spacial score (nSPS) is 14.6. The van der Waals surface area contributed by atoms with Crippen LogP contribution in [0.3, 0.4) is 0 Å². The van der Waals surface area contributed by atoms with Crippen molar-refractivity contribution in [1.82, 2.24) is 10.2 Å². The van der Waals surface area contributed by atoms with Crippen LogP contribution >= 0.6 is 0 Å². The molecule has 142 valence electrons. The molecular formula is C21H24FN3O2. The summed E-state index contributed by atoms with van der Waals surface area (Å²) in [6, 6.07) is 15.6. The van der Waals surface area contributed by atoms with Crippen LogP contribution in [0.4, 0.5) is 14.9 Å². The Morgan fingerprint density at radius 3 is 2.33 bits per heavy atom. The van der Waals surface area contributed by atoms with E-state index in [2.05, 4.69) is 10.6 Å². The van der Waals surface area contributed by atoms with Gasteiger partial charge in [-0.05, 0) is 49.1 Å². The molecule has 0 aliphatic carbocycles. The van der Waals surface area contributed by atoms with Crippen molar-refractivity contribution < 1.29 is 14.0 Å². The molecule has 0 saturated carbocycles. The lowest BCUT2D eigenvalue weighted by atomic mass is 9.96. The second-order valence-corrected chi connectivity index (χ2v) is 6.72. The van der Waals surface area contributed by atoms with Gasteiger partial charge in [0, 0.05) is 31.2 Å². The minimum atomic E-state index is -0.262. The highest BCUT2D eigenvalue weighted by molar-refractivity contribution is 5.92. The van der Waals surface area contributed by atoms with E-state index in [1.165, 1.54) is 12.1 Å². The van der Waals surface area contributed by atoms with E-state index in [9.17, 15) is 14.0 Å². The number of benzene rings is 2. The van der Waals surface area contributed by atoms with E-state index in [1.54, 1.807) is 17.0 Å². The second-order valence-electron chi connectivity index (χ2n) is 6.72. The molecule has 0 bridgehead atoms. The molecule has 1 aliphatic heterocycles. The summed E-state index contributed by atoms with van der Waals surface area (Å²) in [5.41, 5.74) is 1.77. The van der Waals surface area contributed by atoms with Crippen LogP contribution in [0.5, 0.6) is 0 Å². The van der Waals surface area contributed by atoms with Crippen LogP contribution in [0.1, 0.15) is 18.4 Å². The van der Waals surface area contributed by atoms with Crippen LogP contribution in [0, 0.1) is 11.7 Å². The highest BCUT2D eigenvalue weighted by Crippen LogP contribution is 2.19. The number of likely N-dealkylation sites (tertiary alicyclic amines) is 1. The van der Waals surface area contributed by atoms with Crippen LogP contribution in [0.25, 0.3) is 0 Å². The average molecular weight is 369 g/mol. The van der Waals surface area contributed by atoms with Gasteiger partial charge in [-0.2, -0.15) is 0 Å². The third-order valence-electron chi connectivity index (χ3n) is 4.80. The number of nitrogens with zero attached hydrogens (tertiary/aromatic N) is 1. The topological polar surface area (TPSA) is 61.4 Å². The Bertz CT molecular complexity index is 757. The number of para-hydroxylation sites is 1. The Balaban J connectivity index is 1.38. The van der Waals surface area contributed by atoms with Crippen molar-refractivity contribution in [3.05, 3.63) is 66.0 Å². The molecule has 0 atom stereocenters. The average Bonchev–Trinajstić information content (AvgIpc) is 2.70. The smallest absolute Gasteiger partial charge is 0.317 e. The van der Waals surface area contributed by atoms with Crippen molar-refractivity contribution in [2.75, 3.05) is 25.0 Å². The first kappa shape index (κ1) is 18.9. The molecule has 1 saturated heterocycles. The minimum Gasteiger partial charge on any atom is -0.338 e. The van der Waals surface area contributed by atoms with Gasteiger partial charge in [0.15, 0.2) is 0 Å². The third kappa shape index (κ3) is 5.54. The van der Waals surface area contributed by atoms with Gasteiger partial charge in [-0.15, -0.1) is 0 Å². The zero-order valence-corrected chi connectivity index (χ0v) is 15.2. The first-order valence-electron chi connectivity index (χ1n) is 9.25. The Labute approximate surface area is 158 Å². The molecule has 5 nitrogen and oxygen atoms in total. The monoisotopic (exact) mass is 369 g/mol. The van der Waals surface area contributed by atoms with Gasteiger partial charge in [0.2, 0.25) is 5.91 Å². The number of anilines is 1. The fraction of sp³-hybridized carbons (Fsp3) is 0.333. The van der Waals surface area contributed by atoms with Crippen molar-refractivity contribution in [1.29, 1.82) is 0 Å². The number of carbonyl (C=O) groups is 2. The van der Waals surface area contributed by atoms with E-state index in [1.807, 2.05) is 30.3 Å². The molecule has 2 aromatic carbocycles. The predicted octanol–water partition coefficient (Wildman–Crippen LogP) is 3.43. The van der Waals surface area contributed by atoms with Crippen LogP contribution in [0.2, 0.25) is 0 Å². The molecule has 2 aromatic rings. The summed E-state index contributed by atoms with van der Waals surface area (Å²) in [5.74, 6) is -0.326. The fourth-order valence-electron chi connectivity index (χ4n) is 3.19. The van der Waals surface area contributed by atoms with Crippen molar-refractivity contribution in [3.8, 4) is 0 Å². The Kier molecular flexibility index (Phi) is 6.41. The molecule has 3 rings (SSSR count). The van der Waals surface area contributed by atoms with E-state index in [0.717, 1.165) is 11.3 Å². The zero-order chi connectivity index (χ0) is 19.1. The van der Waals surface area contributed by atoms with Crippen molar-refractivity contribution in [2.24, 2.45) is 5.92 Å². The van der Waals surface area contributed by atoms with Crippen molar-refractivity contribution in [3.63, 3.8) is 0 Å². The molecule has 3 amide bonds. The van der Waals surface area contributed by atoms with E-state index >= 15 is 0 Å². The summed E-state index contributed by atoms with van der Waals surface area (Å²) in [6.07, 6.45) is 1.97. The third-order valence-corrected chi connectivity index (χ3v) is 4.80. The number of halogens is 1. The van der Waals surface area contributed by atoms with E-state index in [0.29, 0.717) is 38.9 Å². The Hall–Kier alpha value is -2.89. The van der Waals surface area contributed by atoms with Crippen LogP contribution in [0.15, 0.2) is 54.6 Å². The first-order valence-corrected chi connectivity index (χ1v) is 9.25. The van der Waals surface area contributed by atoms with Gasteiger partial charge in [0.25, 0.3) is 0 Å². The molecular weight excluding hydrogens is 345 g/mol. The molecule has 0 radical (unpaired) electrons. The SMILES string of the molecule is O=C(Nc1ccccc1)C1CCN(C(=O)NCCc2ccc(F)cc2)CC1. The molecule has 27 heavy (non-hydrogen) atoms. The number of carbonyl (C=O) groups excluding carboxylic acids is 2. The largest absolute Gasteiger partial charge is 0.338 e. The predicted molar refractivity (Wildman–Crippen MR) is 103 cm³/mol. The van der Waals surface area contributed by atoms with E-state index in [4.69, 9.17) is 0 Å². The highest BCUT2D eigenvalue weighted by Gasteiger charge is 2.27. The van der Waals surface area contributed by atoms with Gasteiger partial charge >= 0.3 is 6.03 Å². The lowest BCUT2D eigenvalue weighted by molar-refractivity contribution is -0.121. The van der Waals surface area contributed by atoms with Gasteiger partial charge in [-0.1, -0.05) is 30.3 Å². The van der Waals surface area contributed by atoms with Gasteiger partial charge < -0.3 is 15.5 Å². The maximum Gasteiger partial charge on any atom is 0.317 e. The Morgan fingerprint density at radius 1 is 1.00 bits per heavy atom. The van der Waals surface area contributed by atoms with Gasteiger partial charge in [-0.25, -0.2) is 9.18 Å². The summed E-state index contributed by atoms with van der Waals surface area (Å²) in [6.45, 7) is 1.63. The molecule has 1 fully saturated rings. The molecule has 0 unspecified atom stereocenters. The second kappa shape index (κ2) is 9.16. The standard InChI is InChI=1S/C21H24FN3O2/c22-18-8-6-16(7-9-18)10-13-23-21(27)25-14-11-17(12-15-25)20(26)24-19-4-2-1-3-5-19/h1-9,17H,10-15H2,(H,23,27)(H,24,26). The van der Waals surface area contributed by atoms with Gasteiger partial charge in [0.1, 0.15) is 5.82 Å². The summed E-state index contributed by atoms with van der Waals surface area (Å²) in [4.78, 5) is 26.4. The van der Waals surface area contributed by atoms with Crippen molar-refractivity contribution in [2.45, 2.75) is 19.3 Å². The zero-order valence-electron chi connectivity index (χ0n) is 15.2. The molecule has 6 heteroatoms. The van der Waals surface area contributed by atoms with Crippen LogP contribution in [-0.4, -0.2) is 36.5 Å². The first-order chi connectivity index (χ1) is 13.1. The highest BCUT2D eigenvalue weighted by atomic mass is 19.1. The molecule has 1 aliphatic rings. The number of rotatable bonds is 5. The maximum atomic E-state index is 12.9. The molecule has 0 spiro atoms. The summed E-state index contributed by atoms with van der Waals surface area (Å²) >= 11 is 0. The summed E-state index contributed by atoms with van der Waals surface area (Å²) in [7, 11) is 0. The number of urea groups is 1. The molecule has 1 heterocycles. The fourth-order valence-corrected chi connectivity index (χ4v) is 3.19. The minimum absolute atomic E-state index is 0.0116. The quantitative estimate of drug-likeness (QED) is 0.848. The number of amides is 3. The van der Waals surface area contributed by atoms with Gasteiger partial charge in [-0.3, -0.25) is 4.79 Å².